The van der Waals surface area contributed by atoms with Crippen LogP contribution >= 0.6 is 0 Å². The van der Waals surface area contributed by atoms with Crippen molar-refractivity contribution >= 4 is 5.91 Å². The van der Waals surface area contributed by atoms with E-state index >= 15 is 0 Å². The predicted octanol–water partition coefficient (Wildman–Crippen LogP) is 1.92. The first-order valence-corrected chi connectivity index (χ1v) is 7.97. The Morgan fingerprint density at radius 3 is 2.62 bits per heavy atom. The van der Waals surface area contributed by atoms with E-state index in [-0.39, 0.29) is 11.9 Å². The Bertz CT molecular complexity index is 427. The minimum absolute atomic E-state index is 0.312. The van der Waals surface area contributed by atoms with Crippen LogP contribution in [0.4, 0.5) is 0 Å². The molecule has 0 saturated carbocycles. The van der Waals surface area contributed by atoms with Gasteiger partial charge in [-0.2, -0.15) is 0 Å². The molecule has 1 amide bonds. The van der Waals surface area contributed by atoms with E-state index in [9.17, 15) is 4.79 Å². The van der Waals surface area contributed by atoms with Gasteiger partial charge in [0.1, 0.15) is 6.04 Å². The fourth-order valence-corrected chi connectivity index (χ4v) is 2.86. The molecule has 1 atom stereocenters. The lowest BCUT2D eigenvalue weighted by molar-refractivity contribution is -0.120. The molecule has 0 bridgehead atoms. The molecule has 0 spiro atoms. The van der Waals surface area contributed by atoms with E-state index in [0.29, 0.717) is 0 Å². The third-order valence-corrected chi connectivity index (χ3v) is 4.29. The maximum absolute atomic E-state index is 11.6. The van der Waals surface area contributed by atoms with Crippen LogP contribution in [0, 0.1) is 5.92 Å². The second kappa shape index (κ2) is 8.15. The first-order chi connectivity index (χ1) is 10.2. The average molecular weight is 289 g/mol. The van der Waals surface area contributed by atoms with Crippen LogP contribution in [-0.4, -0.2) is 37.0 Å². The number of likely N-dealkylation sites (tertiary alicyclic amines) is 1. The van der Waals surface area contributed by atoms with E-state index < -0.39 is 0 Å². The quantitative estimate of drug-likeness (QED) is 0.754. The predicted molar refractivity (Wildman–Crippen MR) is 85.8 cm³/mol. The number of nitrogens with two attached hydrogens (primary N) is 1. The Morgan fingerprint density at radius 2 is 2.00 bits per heavy atom. The molecule has 3 N–H and O–H groups in total. The van der Waals surface area contributed by atoms with Gasteiger partial charge in [0.15, 0.2) is 0 Å². The molecule has 1 heterocycles. The molecule has 1 aromatic carbocycles. The Balaban J connectivity index is 1.72. The number of nitrogens with zero attached hydrogens (tertiary/aromatic N) is 1. The molecule has 0 radical (unpaired) electrons. The normalized spacial score (nSPS) is 18.5. The third-order valence-electron chi connectivity index (χ3n) is 4.29. The number of hydrogen-bond acceptors (Lipinski definition) is 3. The number of carbonyl (C=O) groups is 1. The molecule has 1 aliphatic heterocycles. The number of nitrogens with one attached hydrogen (secondary N) is 1. The SMILES string of the molecule is CC1CCN(CCCN[C@@H](C(N)=O)c2ccccc2)CC1. The topological polar surface area (TPSA) is 58.4 Å². The van der Waals surface area contributed by atoms with Crippen LogP contribution in [0.25, 0.3) is 0 Å². The number of rotatable bonds is 7. The Hall–Kier alpha value is -1.39. The zero-order valence-corrected chi connectivity index (χ0v) is 12.9. The lowest BCUT2D eigenvalue weighted by Gasteiger charge is -2.30. The Labute approximate surface area is 127 Å². The summed E-state index contributed by atoms with van der Waals surface area (Å²) in [5.41, 5.74) is 6.44. The van der Waals surface area contributed by atoms with Crippen molar-refractivity contribution in [1.29, 1.82) is 0 Å². The third kappa shape index (κ3) is 5.14. The first kappa shape index (κ1) is 16.0. The fourth-order valence-electron chi connectivity index (χ4n) is 2.86. The molecule has 1 saturated heterocycles. The van der Waals surface area contributed by atoms with Gasteiger partial charge in [0.05, 0.1) is 0 Å². The molecule has 4 heteroatoms. The Morgan fingerprint density at radius 1 is 1.33 bits per heavy atom. The fraction of sp³-hybridized carbons (Fsp3) is 0.588. The van der Waals surface area contributed by atoms with Crippen LogP contribution in [0.2, 0.25) is 0 Å². The van der Waals surface area contributed by atoms with Crippen molar-refractivity contribution in [3.05, 3.63) is 35.9 Å². The van der Waals surface area contributed by atoms with E-state index in [2.05, 4.69) is 17.1 Å². The van der Waals surface area contributed by atoms with Gasteiger partial charge in [0, 0.05) is 0 Å². The van der Waals surface area contributed by atoms with Gasteiger partial charge in [-0.3, -0.25) is 4.79 Å². The van der Waals surface area contributed by atoms with Gasteiger partial charge < -0.3 is 16.0 Å². The van der Waals surface area contributed by atoms with Crippen LogP contribution in [0.15, 0.2) is 30.3 Å². The molecule has 0 aliphatic carbocycles. The van der Waals surface area contributed by atoms with Crippen molar-refractivity contribution in [1.82, 2.24) is 10.2 Å². The van der Waals surface area contributed by atoms with E-state index in [1.807, 2.05) is 30.3 Å². The van der Waals surface area contributed by atoms with Crippen LogP contribution in [0.5, 0.6) is 0 Å². The summed E-state index contributed by atoms with van der Waals surface area (Å²) in [6.45, 7) is 6.66. The molecule has 1 aromatic rings. The smallest absolute Gasteiger partial charge is 0.239 e. The standard InChI is InChI=1S/C17H27N3O/c1-14-8-12-20(13-9-14)11-5-10-19-16(17(18)21)15-6-3-2-4-7-15/h2-4,6-7,14,16,19H,5,8-13H2,1H3,(H2,18,21)/t16-/m1/s1. The van der Waals surface area contributed by atoms with Crippen LogP contribution < -0.4 is 11.1 Å². The van der Waals surface area contributed by atoms with Crippen molar-refractivity contribution < 1.29 is 4.79 Å². The summed E-state index contributed by atoms with van der Waals surface area (Å²) in [7, 11) is 0. The molecular weight excluding hydrogens is 262 g/mol. The molecule has 0 aromatic heterocycles. The summed E-state index contributed by atoms with van der Waals surface area (Å²) >= 11 is 0. The second-order valence-electron chi connectivity index (χ2n) is 6.08. The Kier molecular flexibility index (Phi) is 6.21. The molecule has 0 unspecified atom stereocenters. The first-order valence-electron chi connectivity index (χ1n) is 7.97. The monoisotopic (exact) mass is 289 g/mol. The largest absolute Gasteiger partial charge is 0.368 e. The van der Waals surface area contributed by atoms with Gasteiger partial charge in [-0.15, -0.1) is 0 Å². The minimum atomic E-state index is -0.382. The van der Waals surface area contributed by atoms with E-state index in [1.165, 1.54) is 25.9 Å². The van der Waals surface area contributed by atoms with Crippen LogP contribution in [-0.2, 0) is 4.79 Å². The summed E-state index contributed by atoms with van der Waals surface area (Å²) in [6.07, 6.45) is 3.66. The van der Waals surface area contributed by atoms with Gasteiger partial charge in [-0.1, -0.05) is 37.3 Å². The van der Waals surface area contributed by atoms with E-state index in [1.54, 1.807) is 0 Å². The van der Waals surface area contributed by atoms with E-state index in [0.717, 1.165) is 31.0 Å². The van der Waals surface area contributed by atoms with Gasteiger partial charge in [0.25, 0.3) is 0 Å². The van der Waals surface area contributed by atoms with Gasteiger partial charge >= 0.3 is 0 Å². The maximum Gasteiger partial charge on any atom is 0.239 e. The molecule has 1 fully saturated rings. The van der Waals surface area contributed by atoms with Crippen LogP contribution in [0.1, 0.15) is 37.8 Å². The van der Waals surface area contributed by atoms with Crippen molar-refractivity contribution in [2.75, 3.05) is 26.2 Å². The van der Waals surface area contributed by atoms with E-state index in [4.69, 9.17) is 5.73 Å². The van der Waals surface area contributed by atoms with Gasteiger partial charge in [-0.05, 0) is 56.9 Å². The number of amides is 1. The number of primary amides is 1. The lowest BCUT2D eigenvalue weighted by atomic mass is 9.99. The minimum Gasteiger partial charge on any atom is -0.368 e. The lowest BCUT2D eigenvalue weighted by Crippen LogP contribution is -2.37. The zero-order valence-electron chi connectivity index (χ0n) is 12.9. The molecule has 2 rings (SSSR count). The number of piperidine rings is 1. The van der Waals surface area contributed by atoms with Gasteiger partial charge in [-0.25, -0.2) is 0 Å². The highest BCUT2D eigenvalue weighted by molar-refractivity contribution is 5.81. The van der Waals surface area contributed by atoms with Crippen molar-refractivity contribution in [2.24, 2.45) is 11.7 Å². The highest BCUT2D eigenvalue weighted by Gasteiger charge is 2.17. The molecular formula is C17H27N3O. The molecule has 116 valence electrons. The average Bonchev–Trinajstić information content (AvgIpc) is 2.49. The van der Waals surface area contributed by atoms with Crippen LogP contribution in [0.3, 0.4) is 0 Å². The summed E-state index contributed by atoms with van der Waals surface area (Å²) < 4.78 is 0. The van der Waals surface area contributed by atoms with Crippen molar-refractivity contribution in [3.8, 4) is 0 Å². The van der Waals surface area contributed by atoms with Gasteiger partial charge in [0.2, 0.25) is 5.91 Å². The van der Waals surface area contributed by atoms with Crippen molar-refractivity contribution in [2.45, 2.75) is 32.2 Å². The highest BCUT2D eigenvalue weighted by Crippen LogP contribution is 2.16. The molecule has 4 nitrogen and oxygen atoms in total. The summed E-state index contributed by atoms with van der Waals surface area (Å²) in [6, 6.07) is 9.30. The number of hydrogen-bond donors (Lipinski definition) is 2. The second-order valence-corrected chi connectivity index (χ2v) is 6.08. The number of benzene rings is 1. The maximum atomic E-state index is 11.6. The zero-order chi connectivity index (χ0) is 15.1. The molecule has 1 aliphatic rings. The summed E-state index contributed by atoms with van der Waals surface area (Å²) in [5.74, 6) is 0.560. The highest BCUT2D eigenvalue weighted by atomic mass is 16.1. The van der Waals surface area contributed by atoms with Crippen molar-refractivity contribution in [3.63, 3.8) is 0 Å². The number of carbonyl (C=O) groups excluding carboxylic acids is 1. The summed E-state index contributed by atoms with van der Waals surface area (Å²) in [4.78, 5) is 14.1. The summed E-state index contributed by atoms with van der Waals surface area (Å²) in [5, 5.41) is 3.28. The molecule has 21 heavy (non-hydrogen) atoms.